The molecule has 0 bridgehead atoms. The third-order valence-corrected chi connectivity index (χ3v) is 4.54. The van der Waals surface area contributed by atoms with Crippen molar-refractivity contribution in [2.45, 2.75) is 57.0 Å². The molecule has 122 valence electrons. The Morgan fingerprint density at radius 3 is 2.76 bits per heavy atom. The van der Waals surface area contributed by atoms with E-state index in [0.29, 0.717) is 32.5 Å². The molecule has 21 heavy (non-hydrogen) atoms. The van der Waals surface area contributed by atoms with Crippen LogP contribution in [0.4, 0.5) is 0 Å². The van der Waals surface area contributed by atoms with E-state index in [1.165, 1.54) is 25.7 Å². The zero-order valence-corrected chi connectivity index (χ0v) is 13.1. The van der Waals surface area contributed by atoms with E-state index < -0.39 is 0 Å². The summed E-state index contributed by atoms with van der Waals surface area (Å²) in [5.74, 6) is 0.688. The van der Waals surface area contributed by atoms with Gasteiger partial charge in [-0.15, -0.1) is 0 Å². The molecule has 0 radical (unpaired) electrons. The van der Waals surface area contributed by atoms with Crippen molar-refractivity contribution in [3.8, 4) is 0 Å². The van der Waals surface area contributed by atoms with E-state index in [4.69, 9.17) is 14.2 Å². The summed E-state index contributed by atoms with van der Waals surface area (Å²) in [5.41, 5.74) is 0. The van der Waals surface area contributed by atoms with Gasteiger partial charge in [-0.3, -0.25) is 4.79 Å². The van der Waals surface area contributed by atoms with Crippen molar-refractivity contribution in [3.63, 3.8) is 0 Å². The molecule has 2 rings (SSSR count). The number of hydrogen-bond acceptors (Lipinski definition) is 5. The van der Waals surface area contributed by atoms with Gasteiger partial charge in [0.15, 0.2) is 0 Å². The minimum Gasteiger partial charge on any atom is -0.464 e. The van der Waals surface area contributed by atoms with Gasteiger partial charge in [-0.25, -0.2) is 0 Å². The number of piperidine rings is 1. The number of fused-ring (bicyclic) bond motifs is 1. The van der Waals surface area contributed by atoms with Gasteiger partial charge in [-0.1, -0.05) is 12.8 Å². The molecule has 5 heteroatoms. The number of nitrogens with one attached hydrogen (secondary N) is 1. The summed E-state index contributed by atoms with van der Waals surface area (Å²) in [4.78, 5) is 12.1. The van der Waals surface area contributed by atoms with Crippen LogP contribution in [0.2, 0.25) is 0 Å². The molecule has 0 aromatic heterocycles. The van der Waals surface area contributed by atoms with E-state index in [9.17, 15) is 4.79 Å². The Labute approximate surface area is 127 Å². The average molecular weight is 299 g/mol. The molecule has 3 unspecified atom stereocenters. The van der Waals surface area contributed by atoms with Crippen molar-refractivity contribution in [1.29, 1.82) is 0 Å². The second-order valence-corrected chi connectivity index (χ2v) is 6.07. The number of methoxy groups -OCH3 is 1. The first-order chi connectivity index (χ1) is 10.3. The SMILES string of the molecule is COCCOCCCOC(=O)C1CCC2CCCCC2N1. The van der Waals surface area contributed by atoms with Crippen LogP contribution in [0, 0.1) is 5.92 Å². The van der Waals surface area contributed by atoms with Crippen LogP contribution < -0.4 is 5.32 Å². The lowest BCUT2D eigenvalue weighted by Crippen LogP contribution is -2.52. The molecule has 0 aromatic carbocycles. The third-order valence-electron chi connectivity index (χ3n) is 4.54. The zero-order chi connectivity index (χ0) is 14.9. The average Bonchev–Trinajstić information content (AvgIpc) is 2.53. The van der Waals surface area contributed by atoms with Crippen molar-refractivity contribution in [3.05, 3.63) is 0 Å². The van der Waals surface area contributed by atoms with Crippen molar-refractivity contribution < 1.29 is 19.0 Å². The summed E-state index contributed by atoms with van der Waals surface area (Å²) in [6, 6.07) is 0.432. The summed E-state index contributed by atoms with van der Waals surface area (Å²) in [7, 11) is 1.65. The molecule has 2 fully saturated rings. The van der Waals surface area contributed by atoms with Crippen LogP contribution in [0.3, 0.4) is 0 Å². The number of carbonyl (C=O) groups is 1. The van der Waals surface area contributed by atoms with Gasteiger partial charge >= 0.3 is 5.97 Å². The summed E-state index contributed by atoms with van der Waals surface area (Å²) in [6.07, 6.45) is 7.99. The van der Waals surface area contributed by atoms with Gasteiger partial charge in [0.05, 0.1) is 19.8 Å². The van der Waals surface area contributed by atoms with E-state index >= 15 is 0 Å². The first kappa shape index (κ1) is 16.7. The van der Waals surface area contributed by atoms with Gasteiger partial charge in [-0.05, 0) is 31.6 Å². The Kier molecular flexibility index (Phi) is 7.47. The lowest BCUT2D eigenvalue weighted by atomic mass is 9.78. The fraction of sp³-hybridized carbons (Fsp3) is 0.938. The molecule has 1 saturated heterocycles. The molecule has 3 atom stereocenters. The molecule has 1 saturated carbocycles. The second-order valence-electron chi connectivity index (χ2n) is 6.07. The maximum absolute atomic E-state index is 12.1. The molecule has 0 aromatic rings. The Morgan fingerprint density at radius 1 is 1.05 bits per heavy atom. The molecule has 5 nitrogen and oxygen atoms in total. The van der Waals surface area contributed by atoms with Gasteiger partial charge in [-0.2, -0.15) is 0 Å². The molecule has 2 aliphatic rings. The van der Waals surface area contributed by atoms with E-state index in [-0.39, 0.29) is 12.0 Å². The Morgan fingerprint density at radius 2 is 1.90 bits per heavy atom. The number of esters is 1. The largest absolute Gasteiger partial charge is 0.464 e. The maximum Gasteiger partial charge on any atom is 0.323 e. The predicted octanol–water partition coefficient (Wildman–Crippen LogP) is 1.89. The lowest BCUT2D eigenvalue weighted by Gasteiger charge is -2.39. The minimum atomic E-state index is -0.0984. The van der Waals surface area contributed by atoms with Gasteiger partial charge in [0.1, 0.15) is 6.04 Å². The van der Waals surface area contributed by atoms with Crippen LogP contribution in [0.5, 0.6) is 0 Å². The van der Waals surface area contributed by atoms with Crippen LogP contribution in [0.25, 0.3) is 0 Å². The molecule has 1 aliphatic heterocycles. The first-order valence-corrected chi connectivity index (χ1v) is 8.30. The smallest absolute Gasteiger partial charge is 0.323 e. The molecule has 1 heterocycles. The van der Waals surface area contributed by atoms with Crippen molar-refractivity contribution in [1.82, 2.24) is 5.32 Å². The second kappa shape index (κ2) is 9.38. The normalized spacial score (nSPS) is 28.9. The van der Waals surface area contributed by atoms with Crippen molar-refractivity contribution >= 4 is 5.97 Å². The Bertz CT molecular complexity index is 311. The van der Waals surface area contributed by atoms with E-state index in [2.05, 4.69) is 5.32 Å². The third kappa shape index (κ3) is 5.57. The van der Waals surface area contributed by atoms with E-state index in [1.54, 1.807) is 7.11 Å². The lowest BCUT2D eigenvalue weighted by molar-refractivity contribution is -0.148. The molecule has 0 spiro atoms. The van der Waals surface area contributed by atoms with Crippen LogP contribution in [0.15, 0.2) is 0 Å². The monoisotopic (exact) mass is 299 g/mol. The summed E-state index contributed by atoms with van der Waals surface area (Å²) in [6.45, 7) is 2.25. The molecule has 1 aliphatic carbocycles. The van der Waals surface area contributed by atoms with E-state index in [1.807, 2.05) is 0 Å². The molecule has 1 N–H and O–H groups in total. The summed E-state index contributed by atoms with van der Waals surface area (Å²) >= 11 is 0. The standard InChI is InChI=1S/C16H29NO4/c1-19-11-12-20-9-4-10-21-16(18)15-8-7-13-5-2-3-6-14(13)17-15/h13-15,17H,2-12H2,1H3. The van der Waals surface area contributed by atoms with Crippen LogP contribution in [-0.4, -0.2) is 51.6 Å². The number of carbonyl (C=O) groups excluding carboxylic acids is 1. The number of ether oxygens (including phenoxy) is 3. The minimum absolute atomic E-state index is 0.0871. The highest BCUT2D eigenvalue weighted by Crippen LogP contribution is 2.32. The maximum atomic E-state index is 12.1. The highest BCUT2D eigenvalue weighted by molar-refractivity contribution is 5.75. The predicted molar refractivity (Wildman–Crippen MR) is 80.2 cm³/mol. The summed E-state index contributed by atoms with van der Waals surface area (Å²) in [5, 5.41) is 3.50. The summed E-state index contributed by atoms with van der Waals surface area (Å²) < 4.78 is 15.6. The van der Waals surface area contributed by atoms with E-state index in [0.717, 1.165) is 25.2 Å². The number of hydrogen-bond donors (Lipinski definition) is 1. The zero-order valence-electron chi connectivity index (χ0n) is 13.1. The van der Waals surface area contributed by atoms with Crippen molar-refractivity contribution in [2.24, 2.45) is 5.92 Å². The van der Waals surface area contributed by atoms with Crippen molar-refractivity contribution in [2.75, 3.05) is 33.5 Å². The fourth-order valence-electron chi connectivity index (χ4n) is 3.36. The highest BCUT2D eigenvalue weighted by Gasteiger charge is 2.34. The van der Waals surface area contributed by atoms with Gasteiger partial charge in [0.25, 0.3) is 0 Å². The topological polar surface area (TPSA) is 56.8 Å². The number of rotatable bonds is 8. The Balaban J connectivity index is 1.56. The Hall–Kier alpha value is -0.650. The molecular formula is C16H29NO4. The fourth-order valence-corrected chi connectivity index (χ4v) is 3.36. The van der Waals surface area contributed by atoms with Gasteiger partial charge in [0, 0.05) is 26.2 Å². The highest BCUT2D eigenvalue weighted by atomic mass is 16.5. The van der Waals surface area contributed by atoms with Crippen LogP contribution in [0.1, 0.15) is 44.9 Å². The van der Waals surface area contributed by atoms with Gasteiger partial charge < -0.3 is 19.5 Å². The quantitative estimate of drug-likeness (QED) is 0.548. The first-order valence-electron chi connectivity index (χ1n) is 8.30. The van der Waals surface area contributed by atoms with Crippen LogP contribution in [-0.2, 0) is 19.0 Å². The van der Waals surface area contributed by atoms with Crippen LogP contribution >= 0.6 is 0 Å². The molecule has 0 amide bonds. The molecular weight excluding hydrogens is 270 g/mol. The van der Waals surface area contributed by atoms with Gasteiger partial charge in [0.2, 0.25) is 0 Å².